The molecule has 1 aromatic rings. The first-order chi connectivity index (χ1) is 13.7. The van der Waals surface area contributed by atoms with E-state index in [2.05, 4.69) is 38.1 Å². The number of unbranched alkanes of at least 4 members (excludes halogenated alkanes) is 10. The molecule has 0 aromatic heterocycles. The lowest BCUT2D eigenvalue weighted by Gasteiger charge is -2.14. The van der Waals surface area contributed by atoms with Crippen molar-refractivity contribution in [2.45, 2.75) is 129 Å². The van der Waals surface area contributed by atoms with Crippen molar-refractivity contribution in [2.75, 3.05) is 0 Å². The third kappa shape index (κ3) is 15.1. The lowest BCUT2D eigenvalue weighted by atomic mass is 10.0. The lowest BCUT2D eigenvalue weighted by Crippen LogP contribution is -2.09. The third-order valence-corrected chi connectivity index (χ3v) is 5.67. The molecule has 2 nitrogen and oxygen atoms in total. The summed E-state index contributed by atoms with van der Waals surface area (Å²) in [4.78, 5) is 0. The number of ether oxygens (including phenoxy) is 1. The van der Waals surface area contributed by atoms with Gasteiger partial charge in [-0.25, -0.2) is 0 Å². The molecule has 162 valence electrons. The Morgan fingerprint density at radius 1 is 0.714 bits per heavy atom. The first-order valence-corrected chi connectivity index (χ1v) is 12.1. The van der Waals surface area contributed by atoms with Crippen molar-refractivity contribution in [3.63, 3.8) is 0 Å². The topological polar surface area (TPSA) is 29.5 Å². The Morgan fingerprint density at radius 3 is 1.82 bits per heavy atom. The summed E-state index contributed by atoms with van der Waals surface area (Å²) in [5.41, 5.74) is 1.24. The van der Waals surface area contributed by atoms with Gasteiger partial charge in [-0.2, -0.15) is 0 Å². The fourth-order valence-electron chi connectivity index (χ4n) is 3.72. The molecule has 0 aliphatic rings. The summed E-state index contributed by atoms with van der Waals surface area (Å²) in [7, 11) is 0. The molecule has 1 N–H and O–H groups in total. The molecule has 0 amide bonds. The average molecular weight is 391 g/mol. The molecule has 0 spiro atoms. The maximum atomic E-state index is 10.1. The van der Waals surface area contributed by atoms with Crippen molar-refractivity contribution in [1.29, 1.82) is 0 Å². The Balaban J connectivity index is 1.85. The van der Waals surface area contributed by atoms with E-state index < -0.39 is 0 Å². The number of benzene rings is 1. The summed E-state index contributed by atoms with van der Waals surface area (Å²) in [6.45, 7) is 5.15. The zero-order valence-electron chi connectivity index (χ0n) is 18.7. The molecule has 0 unspecified atom stereocenters. The fourth-order valence-corrected chi connectivity index (χ4v) is 3.72. The average Bonchev–Trinajstić information content (AvgIpc) is 2.71. The van der Waals surface area contributed by atoms with E-state index in [0.717, 1.165) is 25.7 Å². The molecule has 0 radical (unpaired) electrons. The highest BCUT2D eigenvalue weighted by Crippen LogP contribution is 2.15. The van der Waals surface area contributed by atoms with Crippen LogP contribution in [0.25, 0.3) is 0 Å². The van der Waals surface area contributed by atoms with Gasteiger partial charge in [0.1, 0.15) is 0 Å². The molecule has 28 heavy (non-hydrogen) atoms. The Bertz CT molecular complexity index is 431. The van der Waals surface area contributed by atoms with Gasteiger partial charge in [0.15, 0.2) is 0 Å². The highest BCUT2D eigenvalue weighted by molar-refractivity contribution is 5.13. The van der Waals surface area contributed by atoms with Crippen LogP contribution in [0, 0.1) is 0 Å². The molecule has 0 heterocycles. The summed E-state index contributed by atoms with van der Waals surface area (Å²) < 4.78 is 5.92. The maximum Gasteiger partial charge on any atom is 0.0720 e. The minimum atomic E-state index is -0.0868. The first kappa shape index (κ1) is 25.2. The molecule has 2 atom stereocenters. The van der Waals surface area contributed by atoms with Gasteiger partial charge >= 0.3 is 0 Å². The van der Waals surface area contributed by atoms with Gasteiger partial charge in [-0.1, -0.05) is 114 Å². The molecule has 0 fully saturated rings. The molecule has 0 bridgehead atoms. The number of hydrogen-bond donors (Lipinski definition) is 1. The Morgan fingerprint density at radius 2 is 1.21 bits per heavy atom. The molecular formula is C26H46O2. The van der Waals surface area contributed by atoms with Crippen LogP contribution in [-0.2, 0) is 11.3 Å². The second-order valence-electron chi connectivity index (χ2n) is 8.52. The van der Waals surface area contributed by atoms with Crippen LogP contribution in [0.15, 0.2) is 30.3 Å². The van der Waals surface area contributed by atoms with Crippen molar-refractivity contribution in [3.05, 3.63) is 35.9 Å². The Hall–Kier alpha value is -0.860. The lowest BCUT2D eigenvalue weighted by molar-refractivity contribution is 0.0456. The van der Waals surface area contributed by atoms with Crippen molar-refractivity contribution in [3.8, 4) is 0 Å². The van der Waals surface area contributed by atoms with Crippen LogP contribution >= 0.6 is 0 Å². The van der Waals surface area contributed by atoms with Gasteiger partial charge in [0.25, 0.3) is 0 Å². The van der Waals surface area contributed by atoms with Crippen molar-refractivity contribution >= 4 is 0 Å². The minimum Gasteiger partial charge on any atom is -0.393 e. The van der Waals surface area contributed by atoms with Gasteiger partial charge in [0.05, 0.1) is 18.8 Å². The smallest absolute Gasteiger partial charge is 0.0720 e. The van der Waals surface area contributed by atoms with E-state index in [4.69, 9.17) is 4.74 Å². The summed E-state index contributed by atoms with van der Waals surface area (Å²) in [5.74, 6) is 0. The summed E-state index contributed by atoms with van der Waals surface area (Å²) in [6, 6.07) is 10.4. The SMILES string of the molecule is CCCCCCCCCCC[C@@H](O)CCCCC[C@@H](C)OCc1ccccc1. The van der Waals surface area contributed by atoms with Crippen LogP contribution in [0.3, 0.4) is 0 Å². The largest absolute Gasteiger partial charge is 0.393 e. The van der Waals surface area contributed by atoms with Crippen LogP contribution in [0.2, 0.25) is 0 Å². The Labute approximate surface area is 175 Å². The predicted octanol–water partition coefficient (Wildman–Crippen LogP) is 7.82. The zero-order valence-corrected chi connectivity index (χ0v) is 18.7. The number of aliphatic hydroxyl groups excluding tert-OH is 1. The second-order valence-corrected chi connectivity index (χ2v) is 8.52. The van der Waals surface area contributed by atoms with Gasteiger partial charge in [-0.15, -0.1) is 0 Å². The first-order valence-electron chi connectivity index (χ1n) is 12.1. The van der Waals surface area contributed by atoms with Gasteiger partial charge in [0.2, 0.25) is 0 Å². The molecular weight excluding hydrogens is 344 g/mol. The molecule has 1 aromatic carbocycles. The molecule has 1 rings (SSSR count). The predicted molar refractivity (Wildman–Crippen MR) is 122 cm³/mol. The second kappa shape index (κ2) is 18.2. The van der Waals surface area contributed by atoms with Crippen LogP contribution in [0.1, 0.15) is 116 Å². The van der Waals surface area contributed by atoms with E-state index in [9.17, 15) is 5.11 Å². The van der Waals surface area contributed by atoms with E-state index in [1.54, 1.807) is 0 Å². The normalized spacial score (nSPS) is 13.5. The number of aliphatic hydroxyl groups is 1. The van der Waals surface area contributed by atoms with Crippen molar-refractivity contribution in [2.24, 2.45) is 0 Å². The van der Waals surface area contributed by atoms with E-state index in [-0.39, 0.29) is 6.10 Å². The van der Waals surface area contributed by atoms with Crippen LogP contribution < -0.4 is 0 Å². The summed E-state index contributed by atoms with van der Waals surface area (Å²) in [6.07, 6.45) is 19.0. The molecule has 2 heteroatoms. The molecule has 0 saturated heterocycles. The van der Waals surface area contributed by atoms with Crippen molar-refractivity contribution < 1.29 is 9.84 Å². The maximum absolute atomic E-state index is 10.1. The third-order valence-electron chi connectivity index (χ3n) is 5.67. The van der Waals surface area contributed by atoms with Gasteiger partial charge < -0.3 is 9.84 Å². The number of rotatable bonds is 19. The van der Waals surface area contributed by atoms with Crippen molar-refractivity contribution in [1.82, 2.24) is 0 Å². The monoisotopic (exact) mass is 390 g/mol. The van der Waals surface area contributed by atoms with Gasteiger partial charge in [-0.3, -0.25) is 0 Å². The van der Waals surface area contributed by atoms with Crippen LogP contribution in [-0.4, -0.2) is 17.3 Å². The zero-order chi connectivity index (χ0) is 20.3. The highest BCUT2D eigenvalue weighted by atomic mass is 16.5. The minimum absolute atomic E-state index is 0.0868. The van der Waals surface area contributed by atoms with Gasteiger partial charge in [-0.05, 0) is 31.7 Å². The van der Waals surface area contributed by atoms with E-state index in [0.29, 0.717) is 12.7 Å². The molecule has 0 saturated carbocycles. The van der Waals surface area contributed by atoms with E-state index in [1.165, 1.54) is 76.2 Å². The molecule has 0 aliphatic carbocycles. The van der Waals surface area contributed by atoms with Crippen LogP contribution in [0.4, 0.5) is 0 Å². The van der Waals surface area contributed by atoms with E-state index in [1.807, 2.05) is 6.07 Å². The van der Waals surface area contributed by atoms with E-state index >= 15 is 0 Å². The van der Waals surface area contributed by atoms with Crippen LogP contribution in [0.5, 0.6) is 0 Å². The highest BCUT2D eigenvalue weighted by Gasteiger charge is 2.06. The fraction of sp³-hybridized carbons (Fsp3) is 0.769. The standard InChI is InChI=1S/C26H46O2/c1-3-4-5-6-7-8-9-10-16-21-26(27)22-17-11-13-18-24(2)28-23-25-19-14-12-15-20-25/h12,14-15,19-20,24,26-27H,3-11,13,16-18,21-23H2,1-2H3/t24-,26-/m1/s1. The number of hydrogen-bond acceptors (Lipinski definition) is 2. The summed E-state index contributed by atoms with van der Waals surface area (Å²) in [5, 5.41) is 10.1. The Kier molecular flexibility index (Phi) is 16.4. The molecule has 0 aliphatic heterocycles. The quantitative estimate of drug-likeness (QED) is 0.244. The van der Waals surface area contributed by atoms with Gasteiger partial charge in [0, 0.05) is 0 Å². The summed E-state index contributed by atoms with van der Waals surface area (Å²) >= 11 is 0.